The zero-order chi connectivity index (χ0) is 15.5. The average molecular weight is 314 g/mol. The van der Waals surface area contributed by atoms with Gasteiger partial charge in [0.05, 0.1) is 31.1 Å². The van der Waals surface area contributed by atoms with Crippen molar-refractivity contribution in [2.75, 3.05) is 20.3 Å². The summed E-state index contributed by atoms with van der Waals surface area (Å²) in [5.74, 6) is 0.232. The van der Waals surface area contributed by atoms with E-state index in [4.69, 9.17) is 14.6 Å². The first-order valence-corrected chi connectivity index (χ1v) is 8.01. The number of hydrogen-bond donors (Lipinski definition) is 2. The maximum absolute atomic E-state index is 12.0. The molecule has 0 aliphatic carbocycles. The second kappa shape index (κ2) is 6.42. The minimum atomic E-state index is -3.82. The highest BCUT2D eigenvalue weighted by molar-refractivity contribution is 7.89. The first kappa shape index (κ1) is 15.7. The molecule has 0 saturated carbocycles. The number of sulfonamides is 1. The molecule has 1 aromatic rings. The molecule has 0 spiro atoms. The Kier molecular flexibility index (Phi) is 4.81. The molecular formula is C13H18N2O5S. The summed E-state index contributed by atoms with van der Waals surface area (Å²) < 4.78 is 33.1. The van der Waals surface area contributed by atoms with Crippen LogP contribution in [0.15, 0.2) is 23.1 Å². The van der Waals surface area contributed by atoms with Crippen LogP contribution in [0.5, 0.6) is 5.75 Å². The smallest absolute Gasteiger partial charge is 0.238 e. The van der Waals surface area contributed by atoms with Crippen LogP contribution in [0.25, 0.3) is 0 Å². The van der Waals surface area contributed by atoms with Gasteiger partial charge >= 0.3 is 0 Å². The van der Waals surface area contributed by atoms with Gasteiger partial charge in [-0.15, -0.1) is 0 Å². The van der Waals surface area contributed by atoms with E-state index in [0.717, 1.165) is 6.42 Å². The molecule has 0 radical (unpaired) electrons. The summed E-state index contributed by atoms with van der Waals surface area (Å²) in [6, 6.07) is 4.20. The van der Waals surface area contributed by atoms with Crippen molar-refractivity contribution in [2.24, 2.45) is 5.14 Å². The molecule has 0 aromatic heterocycles. The van der Waals surface area contributed by atoms with Crippen LogP contribution >= 0.6 is 0 Å². The quantitative estimate of drug-likeness (QED) is 0.782. The van der Waals surface area contributed by atoms with E-state index in [9.17, 15) is 13.2 Å². The predicted molar refractivity (Wildman–Crippen MR) is 75.4 cm³/mol. The second-order valence-electron chi connectivity index (χ2n) is 4.82. The van der Waals surface area contributed by atoms with Crippen LogP contribution in [0.3, 0.4) is 0 Å². The Morgan fingerprint density at radius 3 is 2.86 bits per heavy atom. The molecule has 3 N–H and O–H groups in total. The molecule has 1 aromatic carbocycles. The third kappa shape index (κ3) is 4.16. The Hall–Kier alpha value is -1.64. The lowest BCUT2D eigenvalue weighted by Crippen LogP contribution is -2.36. The van der Waals surface area contributed by atoms with Gasteiger partial charge < -0.3 is 14.8 Å². The van der Waals surface area contributed by atoms with Gasteiger partial charge in [0.15, 0.2) is 0 Å². The number of benzene rings is 1. The van der Waals surface area contributed by atoms with E-state index < -0.39 is 10.0 Å². The molecule has 1 aliphatic heterocycles. The molecule has 1 unspecified atom stereocenters. The van der Waals surface area contributed by atoms with Crippen molar-refractivity contribution in [2.45, 2.75) is 23.8 Å². The third-order valence-electron chi connectivity index (χ3n) is 3.23. The van der Waals surface area contributed by atoms with Crippen molar-refractivity contribution in [3.05, 3.63) is 23.8 Å². The number of rotatable bonds is 5. The fourth-order valence-electron chi connectivity index (χ4n) is 2.17. The highest BCUT2D eigenvalue weighted by atomic mass is 32.2. The molecule has 1 aliphatic rings. The second-order valence-corrected chi connectivity index (χ2v) is 6.38. The van der Waals surface area contributed by atoms with Gasteiger partial charge in [-0.3, -0.25) is 4.79 Å². The number of nitrogens with two attached hydrogens (primary N) is 1. The number of carbonyl (C=O) groups is 1. The first-order valence-electron chi connectivity index (χ1n) is 6.47. The monoisotopic (exact) mass is 314 g/mol. The fourth-order valence-corrected chi connectivity index (χ4v) is 2.73. The lowest BCUT2D eigenvalue weighted by molar-refractivity contribution is -0.121. The van der Waals surface area contributed by atoms with Crippen LogP contribution in [0.1, 0.15) is 12.0 Å². The normalized spacial score (nSPS) is 18.5. The highest BCUT2D eigenvalue weighted by Crippen LogP contribution is 2.22. The van der Waals surface area contributed by atoms with Gasteiger partial charge in [0.2, 0.25) is 15.9 Å². The first-order chi connectivity index (χ1) is 9.90. The Morgan fingerprint density at radius 1 is 1.52 bits per heavy atom. The van der Waals surface area contributed by atoms with Gasteiger partial charge in [0.25, 0.3) is 0 Å². The Balaban J connectivity index is 2.15. The molecular weight excluding hydrogens is 296 g/mol. The van der Waals surface area contributed by atoms with Gasteiger partial charge in [-0.1, -0.05) is 0 Å². The van der Waals surface area contributed by atoms with Crippen molar-refractivity contribution in [1.29, 1.82) is 0 Å². The van der Waals surface area contributed by atoms with Crippen molar-refractivity contribution in [3.8, 4) is 5.75 Å². The van der Waals surface area contributed by atoms with E-state index in [1.807, 2.05) is 0 Å². The van der Waals surface area contributed by atoms with E-state index in [1.54, 1.807) is 0 Å². The van der Waals surface area contributed by atoms with Crippen LogP contribution in [0.2, 0.25) is 0 Å². The Labute approximate surface area is 123 Å². The van der Waals surface area contributed by atoms with Gasteiger partial charge in [-0.2, -0.15) is 0 Å². The molecule has 2 rings (SSSR count). The van der Waals surface area contributed by atoms with Gasteiger partial charge in [0, 0.05) is 12.2 Å². The summed E-state index contributed by atoms with van der Waals surface area (Å²) in [5.41, 5.74) is 0.473. The Morgan fingerprint density at radius 2 is 2.29 bits per heavy atom. The van der Waals surface area contributed by atoms with Crippen LogP contribution in [0.4, 0.5) is 0 Å². The van der Waals surface area contributed by atoms with E-state index in [1.165, 1.54) is 25.3 Å². The standard InChI is InChI=1S/C13H18N2O5S/c1-19-12-3-2-11(21(14,17)18)6-9(12)7-13(16)15-10-4-5-20-8-10/h2-3,6,10H,4-5,7-8H2,1H3,(H,15,16)(H2,14,17,18). The lowest BCUT2D eigenvalue weighted by Gasteiger charge is -2.13. The maximum Gasteiger partial charge on any atom is 0.238 e. The maximum atomic E-state index is 12.0. The summed E-state index contributed by atoms with van der Waals surface area (Å²) in [5, 5.41) is 7.93. The molecule has 1 atom stereocenters. The van der Waals surface area contributed by atoms with Crippen LogP contribution in [-0.2, 0) is 26.0 Å². The van der Waals surface area contributed by atoms with Crippen LogP contribution in [-0.4, -0.2) is 40.7 Å². The molecule has 1 heterocycles. The van der Waals surface area contributed by atoms with E-state index in [-0.39, 0.29) is 23.3 Å². The zero-order valence-corrected chi connectivity index (χ0v) is 12.5. The molecule has 0 bridgehead atoms. The van der Waals surface area contributed by atoms with Crippen molar-refractivity contribution < 1.29 is 22.7 Å². The van der Waals surface area contributed by atoms with Gasteiger partial charge in [-0.25, -0.2) is 13.6 Å². The summed E-state index contributed by atoms with van der Waals surface area (Å²) in [4.78, 5) is 11.9. The van der Waals surface area contributed by atoms with E-state index in [2.05, 4.69) is 5.32 Å². The van der Waals surface area contributed by atoms with E-state index in [0.29, 0.717) is 24.5 Å². The minimum Gasteiger partial charge on any atom is -0.496 e. The van der Waals surface area contributed by atoms with Gasteiger partial charge in [0.1, 0.15) is 5.75 Å². The molecule has 1 fully saturated rings. The molecule has 8 heteroatoms. The molecule has 1 amide bonds. The number of primary sulfonamides is 1. The topological polar surface area (TPSA) is 108 Å². The molecule has 116 valence electrons. The van der Waals surface area contributed by atoms with Gasteiger partial charge in [-0.05, 0) is 24.6 Å². The molecule has 7 nitrogen and oxygen atoms in total. The predicted octanol–water partition coefficient (Wildman–Crippen LogP) is -0.210. The largest absolute Gasteiger partial charge is 0.496 e. The summed E-state index contributed by atoms with van der Waals surface area (Å²) in [7, 11) is -2.36. The fraction of sp³-hybridized carbons (Fsp3) is 0.462. The average Bonchev–Trinajstić information content (AvgIpc) is 2.90. The zero-order valence-electron chi connectivity index (χ0n) is 11.7. The van der Waals surface area contributed by atoms with Crippen LogP contribution < -0.4 is 15.2 Å². The third-order valence-corrected chi connectivity index (χ3v) is 4.14. The number of hydrogen-bond acceptors (Lipinski definition) is 5. The summed E-state index contributed by atoms with van der Waals surface area (Å²) in [6.45, 7) is 1.13. The van der Waals surface area contributed by atoms with Crippen molar-refractivity contribution in [1.82, 2.24) is 5.32 Å². The summed E-state index contributed by atoms with van der Waals surface area (Å²) in [6.07, 6.45) is 0.795. The number of carbonyl (C=O) groups excluding carboxylic acids is 1. The highest BCUT2D eigenvalue weighted by Gasteiger charge is 2.19. The summed E-state index contributed by atoms with van der Waals surface area (Å²) >= 11 is 0. The number of amides is 1. The van der Waals surface area contributed by atoms with E-state index >= 15 is 0 Å². The molecule has 21 heavy (non-hydrogen) atoms. The number of nitrogens with one attached hydrogen (secondary N) is 1. The van der Waals surface area contributed by atoms with Crippen LogP contribution in [0, 0.1) is 0 Å². The SMILES string of the molecule is COc1ccc(S(N)(=O)=O)cc1CC(=O)NC1CCOC1. The molecule has 1 saturated heterocycles. The van der Waals surface area contributed by atoms with Crippen molar-refractivity contribution in [3.63, 3.8) is 0 Å². The minimum absolute atomic E-state index is 0.00455. The number of ether oxygens (including phenoxy) is 2. The van der Waals surface area contributed by atoms with Crippen molar-refractivity contribution >= 4 is 15.9 Å². The Bertz CT molecular complexity index is 623. The lowest BCUT2D eigenvalue weighted by atomic mass is 10.1. The number of methoxy groups -OCH3 is 1.